The van der Waals surface area contributed by atoms with E-state index in [1.54, 1.807) is 19.2 Å². The van der Waals surface area contributed by atoms with E-state index in [-0.39, 0.29) is 4.77 Å². The van der Waals surface area contributed by atoms with Crippen molar-refractivity contribution < 1.29 is 9.47 Å². The molecule has 0 amide bonds. The summed E-state index contributed by atoms with van der Waals surface area (Å²) in [6.07, 6.45) is 2.58. The van der Waals surface area contributed by atoms with Gasteiger partial charge in [-0.25, -0.2) is 0 Å². The van der Waals surface area contributed by atoms with Gasteiger partial charge in [-0.1, -0.05) is 6.07 Å². The van der Waals surface area contributed by atoms with E-state index < -0.39 is 5.56 Å². The Hall–Kier alpha value is -2.48. The lowest BCUT2D eigenvalue weighted by Gasteiger charge is -2.11. The molecule has 0 aliphatic heterocycles. The molecule has 1 heterocycles. The van der Waals surface area contributed by atoms with Gasteiger partial charge >= 0.3 is 0 Å². The second-order valence-corrected chi connectivity index (χ2v) is 4.27. The first kappa shape index (κ1) is 14.9. The second-order valence-electron chi connectivity index (χ2n) is 3.88. The molecule has 2 aromatic rings. The van der Waals surface area contributed by atoms with Crippen molar-refractivity contribution in [3.05, 3.63) is 45.1 Å². The number of para-hydroxylation sites is 1. The zero-order valence-corrected chi connectivity index (χ0v) is 12.4. The van der Waals surface area contributed by atoms with Gasteiger partial charge in [0.25, 0.3) is 5.56 Å². The van der Waals surface area contributed by atoms with Gasteiger partial charge in [0.2, 0.25) is 4.77 Å². The van der Waals surface area contributed by atoms with E-state index >= 15 is 0 Å². The van der Waals surface area contributed by atoms with Crippen LogP contribution in [0.3, 0.4) is 0 Å². The summed E-state index contributed by atoms with van der Waals surface area (Å²) in [5, 5.41) is 10.1. The molecule has 8 heteroatoms. The predicted octanol–water partition coefficient (Wildman–Crippen LogP) is 1.59. The number of H-pyrrole nitrogens is 1. The van der Waals surface area contributed by atoms with E-state index in [2.05, 4.69) is 15.3 Å². The van der Waals surface area contributed by atoms with Crippen molar-refractivity contribution >= 4 is 18.4 Å². The lowest BCUT2D eigenvalue weighted by Crippen LogP contribution is -2.18. The van der Waals surface area contributed by atoms with Gasteiger partial charge in [-0.05, 0) is 31.3 Å². The van der Waals surface area contributed by atoms with Crippen molar-refractivity contribution in [1.29, 1.82) is 0 Å². The molecular weight excluding hydrogens is 292 g/mol. The zero-order valence-electron chi connectivity index (χ0n) is 11.6. The van der Waals surface area contributed by atoms with E-state index in [4.69, 9.17) is 21.7 Å². The first-order valence-corrected chi connectivity index (χ1v) is 6.59. The number of nitrogens with one attached hydrogen (secondary N) is 1. The Morgan fingerprint density at radius 1 is 1.52 bits per heavy atom. The average molecular weight is 306 g/mol. The van der Waals surface area contributed by atoms with Gasteiger partial charge in [0, 0.05) is 5.56 Å². The fourth-order valence-corrected chi connectivity index (χ4v) is 1.89. The number of methoxy groups -OCH3 is 1. The maximum Gasteiger partial charge on any atom is 0.293 e. The third-order valence-electron chi connectivity index (χ3n) is 2.56. The van der Waals surface area contributed by atoms with Crippen LogP contribution in [0.25, 0.3) is 0 Å². The molecule has 1 aromatic carbocycles. The molecule has 2 rings (SSSR count). The Bertz CT molecular complexity index is 738. The monoisotopic (exact) mass is 306 g/mol. The van der Waals surface area contributed by atoms with E-state index in [9.17, 15) is 4.79 Å². The highest BCUT2D eigenvalue weighted by atomic mass is 32.1. The van der Waals surface area contributed by atoms with Gasteiger partial charge < -0.3 is 9.47 Å². The van der Waals surface area contributed by atoms with Crippen LogP contribution in [-0.4, -0.2) is 34.8 Å². The third-order valence-corrected chi connectivity index (χ3v) is 2.83. The van der Waals surface area contributed by atoms with Crippen LogP contribution < -0.4 is 15.0 Å². The standard InChI is InChI=1S/C13H14N4O3S/c1-3-20-10-6-4-5-9(12(10)19-2)7-15-17-11(18)8-14-16-13(17)21/h4-8H,3H2,1-2H3,(H,16,21)/b15-7-. The van der Waals surface area contributed by atoms with Crippen molar-refractivity contribution in [3.63, 3.8) is 0 Å². The van der Waals surface area contributed by atoms with E-state index in [0.717, 1.165) is 10.9 Å². The molecule has 110 valence electrons. The third kappa shape index (κ3) is 3.34. The second kappa shape index (κ2) is 6.80. The summed E-state index contributed by atoms with van der Waals surface area (Å²) >= 11 is 4.96. The predicted molar refractivity (Wildman–Crippen MR) is 80.8 cm³/mol. The van der Waals surface area contributed by atoms with Gasteiger partial charge in [-0.3, -0.25) is 9.89 Å². The lowest BCUT2D eigenvalue weighted by molar-refractivity contribution is 0.310. The lowest BCUT2D eigenvalue weighted by atomic mass is 10.2. The summed E-state index contributed by atoms with van der Waals surface area (Å²) < 4.78 is 12.0. The Morgan fingerprint density at radius 2 is 2.33 bits per heavy atom. The van der Waals surface area contributed by atoms with Crippen molar-refractivity contribution in [3.8, 4) is 11.5 Å². The molecule has 0 bridgehead atoms. The van der Waals surface area contributed by atoms with Crippen LogP contribution in [0.1, 0.15) is 12.5 Å². The van der Waals surface area contributed by atoms with Crippen LogP contribution in [-0.2, 0) is 0 Å². The molecule has 0 spiro atoms. The highest BCUT2D eigenvalue weighted by molar-refractivity contribution is 7.71. The number of hydrogen-bond donors (Lipinski definition) is 1. The molecule has 0 saturated carbocycles. The fraction of sp³-hybridized carbons (Fsp3) is 0.231. The summed E-state index contributed by atoms with van der Waals surface area (Å²) in [6.45, 7) is 2.40. The minimum Gasteiger partial charge on any atom is -0.492 e. The Kier molecular flexibility index (Phi) is 4.83. The van der Waals surface area contributed by atoms with Gasteiger partial charge in [0.15, 0.2) is 11.5 Å². The van der Waals surface area contributed by atoms with Crippen LogP contribution >= 0.6 is 12.2 Å². The van der Waals surface area contributed by atoms with Crippen LogP contribution in [0.5, 0.6) is 11.5 Å². The molecule has 0 aliphatic carbocycles. The highest BCUT2D eigenvalue weighted by Gasteiger charge is 2.08. The fourth-order valence-electron chi connectivity index (χ4n) is 1.70. The summed E-state index contributed by atoms with van der Waals surface area (Å²) in [5.41, 5.74) is 0.247. The molecule has 21 heavy (non-hydrogen) atoms. The summed E-state index contributed by atoms with van der Waals surface area (Å²) in [6, 6.07) is 5.40. The van der Waals surface area contributed by atoms with Gasteiger partial charge in [0.1, 0.15) is 6.20 Å². The largest absolute Gasteiger partial charge is 0.492 e. The SMILES string of the molecule is CCOc1cccc(/C=N\n2c(=O)cn[nH]c2=S)c1OC. The number of aromatic amines is 1. The highest BCUT2D eigenvalue weighted by Crippen LogP contribution is 2.29. The number of hydrogen-bond acceptors (Lipinski definition) is 6. The smallest absolute Gasteiger partial charge is 0.293 e. The van der Waals surface area contributed by atoms with Gasteiger partial charge in [-0.2, -0.15) is 14.9 Å². The minimum absolute atomic E-state index is 0.110. The molecule has 0 aliphatic rings. The van der Waals surface area contributed by atoms with Crippen molar-refractivity contribution in [2.75, 3.05) is 13.7 Å². The van der Waals surface area contributed by atoms with Crippen LogP contribution in [0.4, 0.5) is 0 Å². The Morgan fingerprint density at radius 3 is 3.00 bits per heavy atom. The maximum atomic E-state index is 11.6. The molecule has 1 aromatic heterocycles. The minimum atomic E-state index is -0.421. The average Bonchev–Trinajstić information content (AvgIpc) is 2.47. The summed E-state index contributed by atoms with van der Waals surface area (Å²) in [4.78, 5) is 11.6. The van der Waals surface area contributed by atoms with Gasteiger partial charge in [-0.15, -0.1) is 0 Å². The number of nitrogens with zero attached hydrogens (tertiary/aromatic N) is 3. The molecule has 0 unspecified atom stereocenters. The molecule has 0 radical (unpaired) electrons. The Balaban J connectivity index is 2.44. The molecular formula is C13H14N4O3S. The number of benzene rings is 1. The number of ether oxygens (including phenoxy) is 2. The van der Waals surface area contributed by atoms with Gasteiger partial charge in [0.05, 0.1) is 19.9 Å². The van der Waals surface area contributed by atoms with E-state index in [1.165, 1.54) is 6.21 Å². The molecule has 7 nitrogen and oxygen atoms in total. The van der Waals surface area contributed by atoms with Crippen molar-refractivity contribution in [1.82, 2.24) is 14.9 Å². The van der Waals surface area contributed by atoms with Crippen LogP contribution in [0, 0.1) is 4.77 Å². The van der Waals surface area contributed by atoms with E-state index in [1.807, 2.05) is 13.0 Å². The quantitative estimate of drug-likeness (QED) is 0.670. The van der Waals surface area contributed by atoms with Crippen molar-refractivity contribution in [2.45, 2.75) is 6.92 Å². The van der Waals surface area contributed by atoms with E-state index in [0.29, 0.717) is 23.7 Å². The maximum absolute atomic E-state index is 11.6. The Labute approximate surface area is 125 Å². The molecule has 0 fully saturated rings. The molecule has 0 saturated heterocycles. The number of aromatic nitrogens is 3. The normalized spacial score (nSPS) is 10.8. The van der Waals surface area contributed by atoms with Crippen LogP contribution in [0.2, 0.25) is 0 Å². The summed E-state index contributed by atoms with van der Waals surface area (Å²) in [7, 11) is 1.54. The first-order chi connectivity index (χ1) is 10.2. The number of rotatable bonds is 5. The zero-order chi connectivity index (χ0) is 15.2. The molecule has 1 N–H and O–H groups in total. The summed E-state index contributed by atoms with van der Waals surface area (Å²) in [5.74, 6) is 1.15. The van der Waals surface area contributed by atoms with Crippen LogP contribution in [0.15, 0.2) is 34.3 Å². The topological polar surface area (TPSA) is 81.5 Å². The van der Waals surface area contributed by atoms with Crippen molar-refractivity contribution in [2.24, 2.45) is 5.10 Å². The molecule has 0 atom stereocenters. The first-order valence-electron chi connectivity index (χ1n) is 6.18.